The number of carbonyl (C=O) groups excluding carboxylic acids is 1. The molecule has 0 fully saturated rings. The summed E-state index contributed by atoms with van der Waals surface area (Å²) in [6.45, 7) is 1.30. The third kappa shape index (κ3) is 3.77. The van der Waals surface area contributed by atoms with E-state index in [1.54, 1.807) is 36.4 Å². The minimum Gasteiger partial charge on any atom is -0.337 e. The van der Waals surface area contributed by atoms with Crippen molar-refractivity contribution in [3.05, 3.63) is 83.4 Å². The largest absolute Gasteiger partial charge is 0.337 e. The molecule has 0 saturated carbocycles. The first-order valence-corrected chi connectivity index (χ1v) is 9.36. The van der Waals surface area contributed by atoms with E-state index in [4.69, 9.17) is 16.1 Å². The second-order valence-electron chi connectivity index (χ2n) is 6.51. The number of halogens is 4. The molecule has 0 spiro atoms. The number of hydrogen-bond donors (Lipinski definition) is 0. The summed E-state index contributed by atoms with van der Waals surface area (Å²) in [5, 5.41) is 4.22. The summed E-state index contributed by atoms with van der Waals surface area (Å²) in [6, 6.07) is 11.4. The maximum atomic E-state index is 13.9. The smallest absolute Gasteiger partial charge is 0.247 e. The molecule has 1 amide bonds. The second kappa shape index (κ2) is 8.23. The minimum atomic E-state index is -1.60. The Morgan fingerprint density at radius 1 is 1.00 bits per heavy atom. The van der Waals surface area contributed by atoms with Crippen LogP contribution >= 0.6 is 11.6 Å². The van der Waals surface area contributed by atoms with Crippen LogP contribution < -0.4 is 4.90 Å². The zero-order chi connectivity index (χ0) is 22.1. The number of nitrogens with zero attached hydrogens (tertiary/aromatic N) is 3. The molecular formula is C22H13ClF3N3O2. The van der Waals surface area contributed by atoms with Gasteiger partial charge < -0.3 is 4.52 Å². The molecule has 0 bridgehead atoms. The van der Waals surface area contributed by atoms with Gasteiger partial charge in [-0.25, -0.2) is 18.1 Å². The molecule has 4 aromatic rings. The maximum absolute atomic E-state index is 13.9. The van der Waals surface area contributed by atoms with Crippen molar-refractivity contribution in [2.24, 2.45) is 0 Å². The normalized spacial score (nSPS) is 10.9. The van der Waals surface area contributed by atoms with Gasteiger partial charge >= 0.3 is 0 Å². The van der Waals surface area contributed by atoms with Crippen molar-refractivity contribution in [2.45, 2.75) is 6.92 Å². The van der Waals surface area contributed by atoms with Crippen molar-refractivity contribution in [1.82, 2.24) is 10.1 Å². The number of amides is 1. The molecule has 9 heteroatoms. The number of para-hydroxylation sites is 1. The third-order valence-electron chi connectivity index (χ3n) is 4.51. The van der Waals surface area contributed by atoms with Crippen LogP contribution in [0.1, 0.15) is 6.92 Å². The van der Waals surface area contributed by atoms with Gasteiger partial charge in [0.2, 0.25) is 11.8 Å². The van der Waals surface area contributed by atoms with E-state index in [0.29, 0.717) is 11.3 Å². The van der Waals surface area contributed by atoms with Crippen LogP contribution in [0.3, 0.4) is 0 Å². The predicted molar refractivity (Wildman–Crippen MR) is 109 cm³/mol. The number of aromatic nitrogens is 2. The first kappa shape index (κ1) is 20.6. The van der Waals surface area contributed by atoms with Crippen LogP contribution in [0.5, 0.6) is 0 Å². The number of pyridine rings is 1. The molecule has 0 aliphatic rings. The molecule has 0 unspecified atom stereocenters. The van der Waals surface area contributed by atoms with E-state index in [0.717, 1.165) is 12.1 Å². The summed E-state index contributed by atoms with van der Waals surface area (Å²) in [5.41, 5.74) is 1.02. The van der Waals surface area contributed by atoms with Crippen LogP contribution in [-0.2, 0) is 4.79 Å². The van der Waals surface area contributed by atoms with E-state index in [2.05, 4.69) is 10.1 Å². The molecule has 31 heavy (non-hydrogen) atoms. The van der Waals surface area contributed by atoms with E-state index >= 15 is 0 Å². The highest BCUT2D eigenvalue weighted by molar-refractivity contribution is 6.34. The number of hydrogen-bond acceptors (Lipinski definition) is 4. The first-order chi connectivity index (χ1) is 14.9. The van der Waals surface area contributed by atoms with E-state index in [1.807, 2.05) is 0 Å². The van der Waals surface area contributed by atoms with Crippen LogP contribution in [-0.4, -0.2) is 16.0 Å². The van der Waals surface area contributed by atoms with E-state index < -0.39 is 23.4 Å². The van der Waals surface area contributed by atoms with Gasteiger partial charge in [0, 0.05) is 24.9 Å². The lowest BCUT2D eigenvalue weighted by Crippen LogP contribution is -2.23. The molecule has 0 aliphatic carbocycles. The highest BCUT2D eigenvalue weighted by Gasteiger charge is 2.29. The van der Waals surface area contributed by atoms with Crippen LogP contribution in [0, 0.1) is 17.5 Å². The Kier molecular flexibility index (Phi) is 5.48. The Morgan fingerprint density at radius 3 is 2.26 bits per heavy atom. The van der Waals surface area contributed by atoms with Gasteiger partial charge in [0.15, 0.2) is 17.5 Å². The third-order valence-corrected chi connectivity index (χ3v) is 4.83. The van der Waals surface area contributed by atoms with Crippen LogP contribution in [0.2, 0.25) is 5.02 Å². The molecule has 0 saturated heterocycles. The fourth-order valence-corrected chi connectivity index (χ4v) is 3.38. The van der Waals surface area contributed by atoms with Gasteiger partial charge in [-0.3, -0.25) is 9.78 Å². The molecule has 0 atom stereocenters. The molecule has 156 valence electrons. The summed E-state index contributed by atoms with van der Waals surface area (Å²) in [4.78, 5) is 17.7. The average Bonchev–Trinajstić information content (AvgIpc) is 3.18. The van der Waals surface area contributed by atoms with Crippen LogP contribution in [0.25, 0.3) is 22.4 Å². The summed E-state index contributed by atoms with van der Waals surface area (Å²) in [7, 11) is 0. The second-order valence-corrected chi connectivity index (χ2v) is 6.91. The molecular weight excluding hydrogens is 431 g/mol. The minimum absolute atomic E-state index is 0.0114. The lowest BCUT2D eigenvalue weighted by Gasteiger charge is -2.20. The number of carbonyl (C=O) groups is 1. The summed E-state index contributed by atoms with van der Waals surface area (Å²) in [5.74, 6) is -4.82. The fraction of sp³-hybridized carbons (Fsp3) is 0.0455. The average molecular weight is 444 g/mol. The highest BCUT2D eigenvalue weighted by atomic mass is 35.5. The van der Waals surface area contributed by atoms with Crippen molar-refractivity contribution in [1.29, 1.82) is 0 Å². The van der Waals surface area contributed by atoms with Crippen molar-refractivity contribution in [3.8, 4) is 22.4 Å². The molecule has 2 aromatic carbocycles. The van der Waals surface area contributed by atoms with Gasteiger partial charge in [-0.05, 0) is 42.0 Å². The van der Waals surface area contributed by atoms with Gasteiger partial charge in [-0.15, -0.1) is 0 Å². The highest BCUT2D eigenvalue weighted by Crippen LogP contribution is 2.43. The zero-order valence-electron chi connectivity index (χ0n) is 15.9. The zero-order valence-corrected chi connectivity index (χ0v) is 16.7. The van der Waals surface area contributed by atoms with Crippen molar-refractivity contribution < 1.29 is 22.5 Å². The van der Waals surface area contributed by atoms with Crippen molar-refractivity contribution in [3.63, 3.8) is 0 Å². The lowest BCUT2D eigenvalue weighted by atomic mass is 10.0. The van der Waals surface area contributed by atoms with Gasteiger partial charge in [0.25, 0.3) is 0 Å². The number of rotatable bonds is 4. The Morgan fingerprint density at radius 2 is 1.65 bits per heavy atom. The fourth-order valence-electron chi connectivity index (χ4n) is 3.16. The van der Waals surface area contributed by atoms with E-state index in [1.165, 1.54) is 24.2 Å². The molecule has 5 nitrogen and oxygen atoms in total. The molecule has 2 aromatic heterocycles. The van der Waals surface area contributed by atoms with Crippen LogP contribution in [0.4, 0.5) is 24.7 Å². The van der Waals surface area contributed by atoms with Crippen molar-refractivity contribution in [2.75, 3.05) is 4.90 Å². The SMILES string of the molecule is CC(=O)N(c1ccccc1Cl)c1onc(-c2cc(F)c(F)c(F)c2)c1-c1ccncc1. The Bertz CT molecular complexity index is 1260. The molecule has 0 N–H and O–H groups in total. The first-order valence-electron chi connectivity index (χ1n) is 8.98. The van der Waals surface area contributed by atoms with E-state index in [-0.39, 0.29) is 27.7 Å². The summed E-state index contributed by atoms with van der Waals surface area (Å²) in [6.07, 6.45) is 2.99. The predicted octanol–water partition coefficient (Wildman–Crippen LogP) is 6.16. The molecule has 0 radical (unpaired) electrons. The van der Waals surface area contributed by atoms with Gasteiger partial charge in [-0.1, -0.05) is 28.9 Å². The Hall–Kier alpha value is -3.65. The monoisotopic (exact) mass is 443 g/mol. The lowest BCUT2D eigenvalue weighted by molar-refractivity contribution is -0.116. The van der Waals surface area contributed by atoms with Gasteiger partial charge in [0.1, 0.15) is 5.69 Å². The Labute approximate surface area is 179 Å². The summed E-state index contributed by atoms with van der Waals surface area (Å²) >= 11 is 6.29. The van der Waals surface area contributed by atoms with Crippen LogP contribution in [0.15, 0.2) is 65.4 Å². The standard InChI is InChI=1S/C22H13ClF3N3O2/c1-12(30)29(18-5-3-2-4-15(18)23)22-19(13-6-8-27-9-7-13)21(28-31-22)14-10-16(24)20(26)17(25)11-14/h2-11H,1H3. The number of anilines is 2. The molecule has 0 aliphatic heterocycles. The summed E-state index contributed by atoms with van der Waals surface area (Å²) < 4.78 is 46.8. The number of benzene rings is 2. The Balaban J connectivity index is 2.00. The topological polar surface area (TPSA) is 59.2 Å². The molecule has 2 heterocycles. The maximum Gasteiger partial charge on any atom is 0.247 e. The molecule has 4 rings (SSSR count). The van der Waals surface area contributed by atoms with Gasteiger partial charge in [0.05, 0.1) is 16.3 Å². The van der Waals surface area contributed by atoms with Crippen molar-refractivity contribution >= 4 is 29.1 Å². The van der Waals surface area contributed by atoms with Gasteiger partial charge in [-0.2, -0.15) is 0 Å². The van der Waals surface area contributed by atoms with E-state index in [9.17, 15) is 18.0 Å². The quantitative estimate of drug-likeness (QED) is 0.354.